The highest BCUT2D eigenvalue weighted by Gasteiger charge is 2.23. The van der Waals surface area contributed by atoms with Gasteiger partial charge >= 0.3 is 12.0 Å². The van der Waals surface area contributed by atoms with Crippen LogP contribution in [0.4, 0.5) is 4.79 Å². The van der Waals surface area contributed by atoms with Gasteiger partial charge in [0, 0.05) is 6.54 Å². The molecule has 9 heteroatoms. The third kappa shape index (κ3) is 6.97. The molecule has 0 spiro atoms. The third-order valence-electron chi connectivity index (χ3n) is 3.31. The number of hydrogen-bond donors (Lipinski definition) is 6. The van der Waals surface area contributed by atoms with Crippen LogP contribution in [-0.4, -0.2) is 46.7 Å². The minimum Gasteiger partial charge on any atom is -0.508 e. The van der Waals surface area contributed by atoms with Crippen LogP contribution < -0.4 is 22.1 Å². The van der Waals surface area contributed by atoms with Gasteiger partial charge in [0.1, 0.15) is 11.8 Å². The van der Waals surface area contributed by atoms with E-state index < -0.39 is 30.0 Å². The van der Waals surface area contributed by atoms with Crippen molar-refractivity contribution in [2.75, 3.05) is 6.54 Å². The summed E-state index contributed by atoms with van der Waals surface area (Å²) in [5.74, 6) is -1.66. The molecule has 0 bridgehead atoms. The molecule has 3 amide bonds. The van der Waals surface area contributed by atoms with E-state index in [1.807, 2.05) is 0 Å². The number of carboxylic acid groups (broad SMARTS) is 1. The predicted octanol–water partition coefficient (Wildman–Crippen LogP) is -0.720. The van der Waals surface area contributed by atoms with Crippen molar-refractivity contribution >= 4 is 17.9 Å². The van der Waals surface area contributed by atoms with Gasteiger partial charge in [0.2, 0.25) is 5.91 Å². The van der Waals surface area contributed by atoms with Crippen LogP contribution >= 0.6 is 0 Å². The maximum atomic E-state index is 12.0. The van der Waals surface area contributed by atoms with Crippen LogP contribution in [0.15, 0.2) is 24.3 Å². The number of carbonyl (C=O) groups is 3. The number of hydrogen-bond acceptors (Lipinski definition) is 5. The molecule has 1 rings (SSSR count). The minimum absolute atomic E-state index is 0.104. The van der Waals surface area contributed by atoms with Crippen molar-refractivity contribution in [3.8, 4) is 5.75 Å². The van der Waals surface area contributed by atoms with Gasteiger partial charge in [-0.3, -0.25) is 4.79 Å². The summed E-state index contributed by atoms with van der Waals surface area (Å²) in [7, 11) is 0. The fourth-order valence-electron chi connectivity index (χ4n) is 2.03. The van der Waals surface area contributed by atoms with Crippen LogP contribution in [0.3, 0.4) is 0 Å². The van der Waals surface area contributed by atoms with Gasteiger partial charge in [0.25, 0.3) is 0 Å². The predicted molar refractivity (Wildman–Crippen MR) is 86.2 cm³/mol. The summed E-state index contributed by atoms with van der Waals surface area (Å²) in [5, 5.41) is 23.1. The second-order valence-electron chi connectivity index (χ2n) is 5.31. The molecule has 0 aromatic heterocycles. The normalized spacial score (nSPS) is 12.9. The highest BCUT2D eigenvalue weighted by atomic mass is 16.4. The lowest BCUT2D eigenvalue weighted by Gasteiger charge is -2.18. The van der Waals surface area contributed by atoms with Crippen molar-refractivity contribution in [2.24, 2.45) is 11.5 Å². The van der Waals surface area contributed by atoms with Gasteiger partial charge in [0.05, 0.1) is 6.04 Å². The highest BCUT2D eigenvalue weighted by Crippen LogP contribution is 2.11. The zero-order valence-corrected chi connectivity index (χ0v) is 13.1. The first-order chi connectivity index (χ1) is 11.3. The smallest absolute Gasteiger partial charge is 0.326 e. The van der Waals surface area contributed by atoms with E-state index >= 15 is 0 Å². The van der Waals surface area contributed by atoms with Gasteiger partial charge in [-0.25, -0.2) is 9.59 Å². The van der Waals surface area contributed by atoms with Crippen molar-refractivity contribution in [3.63, 3.8) is 0 Å². The molecular formula is C15H22N4O5. The summed E-state index contributed by atoms with van der Waals surface area (Å²) < 4.78 is 0. The van der Waals surface area contributed by atoms with Crippen molar-refractivity contribution in [1.29, 1.82) is 0 Å². The number of phenols is 1. The second kappa shape index (κ2) is 9.36. The van der Waals surface area contributed by atoms with E-state index in [4.69, 9.17) is 16.6 Å². The Kier molecular flexibility index (Phi) is 7.50. The van der Waals surface area contributed by atoms with Gasteiger partial charge in [0.15, 0.2) is 0 Å². The number of benzene rings is 1. The molecule has 1 aromatic carbocycles. The number of nitrogens with one attached hydrogen (secondary N) is 2. The molecule has 0 saturated heterocycles. The first-order valence-corrected chi connectivity index (χ1v) is 7.39. The lowest BCUT2D eigenvalue weighted by Crippen LogP contribution is -2.49. The van der Waals surface area contributed by atoms with E-state index in [1.165, 1.54) is 12.1 Å². The molecule has 0 aliphatic carbocycles. The van der Waals surface area contributed by atoms with E-state index in [2.05, 4.69) is 10.6 Å². The molecule has 24 heavy (non-hydrogen) atoms. The Morgan fingerprint density at radius 2 is 1.79 bits per heavy atom. The Hall–Kier alpha value is -2.81. The average Bonchev–Trinajstić information content (AvgIpc) is 2.51. The number of aromatic hydroxyl groups is 1. The molecular weight excluding hydrogens is 316 g/mol. The Morgan fingerprint density at radius 3 is 2.33 bits per heavy atom. The average molecular weight is 338 g/mol. The third-order valence-corrected chi connectivity index (χ3v) is 3.31. The SMILES string of the molecule is NC(=O)NCCC[C@H](NC(=O)[C@@H](N)Cc1ccc(O)cc1)C(=O)O. The van der Waals surface area contributed by atoms with Crippen molar-refractivity contribution in [1.82, 2.24) is 10.6 Å². The molecule has 0 heterocycles. The summed E-state index contributed by atoms with van der Waals surface area (Å²) in [4.78, 5) is 33.8. The topological polar surface area (TPSA) is 168 Å². The number of aliphatic carboxylic acids is 1. The Labute approximate surface area is 139 Å². The molecule has 0 aliphatic rings. The lowest BCUT2D eigenvalue weighted by atomic mass is 10.0. The molecule has 0 unspecified atom stereocenters. The van der Waals surface area contributed by atoms with Crippen LogP contribution in [0.5, 0.6) is 5.75 Å². The minimum atomic E-state index is -1.18. The van der Waals surface area contributed by atoms with Gasteiger partial charge < -0.3 is 32.3 Å². The van der Waals surface area contributed by atoms with Crippen LogP contribution in [0, 0.1) is 0 Å². The Bertz CT molecular complexity index is 576. The quantitative estimate of drug-likeness (QED) is 0.325. The summed E-state index contributed by atoms with van der Waals surface area (Å²) >= 11 is 0. The molecule has 0 fully saturated rings. The number of amides is 3. The van der Waals surface area contributed by atoms with E-state index in [1.54, 1.807) is 12.1 Å². The van der Waals surface area contributed by atoms with Crippen LogP contribution in [0.2, 0.25) is 0 Å². The van der Waals surface area contributed by atoms with E-state index in [0.717, 1.165) is 5.56 Å². The second-order valence-corrected chi connectivity index (χ2v) is 5.31. The van der Waals surface area contributed by atoms with Crippen molar-refractivity contribution in [3.05, 3.63) is 29.8 Å². The number of nitrogens with two attached hydrogens (primary N) is 2. The first kappa shape index (κ1) is 19.2. The number of primary amides is 1. The van der Waals surface area contributed by atoms with Crippen molar-refractivity contribution < 1.29 is 24.6 Å². The maximum Gasteiger partial charge on any atom is 0.326 e. The largest absolute Gasteiger partial charge is 0.508 e. The lowest BCUT2D eigenvalue weighted by molar-refractivity contribution is -0.142. The molecule has 0 saturated carbocycles. The van der Waals surface area contributed by atoms with Crippen LogP contribution in [0.1, 0.15) is 18.4 Å². The Morgan fingerprint density at radius 1 is 1.17 bits per heavy atom. The van der Waals surface area contributed by atoms with E-state index in [9.17, 15) is 19.5 Å². The van der Waals surface area contributed by atoms with Gasteiger partial charge in [-0.1, -0.05) is 12.1 Å². The standard InChI is InChI=1S/C15H22N4O5/c16-11(8-9-3-5-10(20)6-4-9)13(21)19-12(14(22)23)2-1-7-18-15(17)24/h3-6,11-12,20H,1-2,7-8,16H2,(H,19,21)(H,22,23)(H3,17,18,24)/t11-,12-/m0/s1. The molecule has 8 N–H and O–H groups in total. The summed E-state index contributed by atoms with van der Waals surface area (Å²) in [5.41, 5.74) is 11.4. The van der Waals surface area contributed by atoms with Gasteiger partial charge in [-0.05, 0) is 37.0 Å². The molecule has 0 radical (unpaired) electrons. The van der Waals surface area contributed by atoms with E-state index in [-0.39, 0.29) is 25.1 Å². The van der Waals surface area contributed by atoms with Crippen molar-refractivity contribution in [2.45, 2.75) is 31.3 Å². The van der Waals surface area contributed by atoms with E-state index in [0.29, 0.717) is 6.42 Å². The first-order valence-electron chi connectivity index (χ1n) is 7.39. The summed E-state index contributed by atoms with van der Waals surface area (Å²) in [6.45, 7) is 0.217. The molecule has 9 nitrogen and oxygen atoms in total. The number of phenolic OH excluding ortho intramolecular Hbond substituents is 1. The molecule has 0 aliphatic heterocycles. The van der Waals surface area contributed by atoms with Crippen LogP contribution in [0.25, 0.3) is 0 Å². The summed E-state index contributed by atoms with van der Waals surface area (Å²) in [6.07, 6.45) is 0.683. The highest BCUT2D eigenvalue weighted by molar-refractivity contribution is 5.87. The molecule has 2 atom stereocenters. The zero-order chi connectivity index (χ0) is 18.1. The summed E-state index contributed by atoms with van der Waals surface area (Å²) in [6, 6.07) is 3.51. The number of carbonyl (C=O) groups excluding carboxylic acids is 2. The maximum absolute atomic E-state index is 12.0. The molecule has 132 valence electrons. The number of urea groups is 1. The van der Waals surface area contributed by atoms with Crippen LogP contribution in [-0.2, 0) is 16.0 Å². The number of carboxylic acids is 1. The monoisotopic (exact) mass is 338 g/mol. The fraction of sp³-hybridized carbons (Fsp3) is 0.400. The van der Waals surface area contributed by atoms with Gasteiger partial charge in [-0.2, -0.15) is 0 Å². The number of rotatable bonds is 9. The van der Waals surface area contributed by atoms with Gasteiger partial charge in [-0.15, -0.1) is 0 Å². The molecule has 1 aromatic rings. The fourth-order valence-corrected chi connectivity index (χ4v) is 2.03. The zero-order valence-electron chi connectivity index (χ0n) is 13.1. The Balaban J connectivity index is 2.49.